The molecule has 0 saturated carbocycles. The zero-order valence-corrected chi connectivity index (χ0v) is 11.4. The summed E-state index contributed by atoms with van der Waals surface area (Å²) < 4.78 is 18.7. The fourth-order valence-electron chi connectivity index (χ4n) is 1.58. The van der Waals surface area contributed by atoms with Crippen LogP contribution in [0.25, 0.3) is 0 Å². The largest absolute Gasteiger partial charge is 0.479 e. The van der Waals surface area contributed by atoms with Crippen LogP contribution in [-0.2, 0) is 11.3 Å². The first-order valence-corrected chi connectivity index (χ1v) is 6.35. The molecular weight excluding hydrogens is 249 g/mol. The molecular formula is C14H20FNO3. The van der Waals surface area contributed by atoms with Gasteiger partial charge in [0, 0.05) is 18.2 Å². The van der Waals surface area contributed by atoms with Crippen molar-refractivity contribution < 1.29 is 19.0 Å². The van der Waals surface area contributed by atoms with Gasteiger partial charge in [0.25, 0.3) is 0 Å². The second-order valence-corrected chi connectivity index (χ2v) is 4.64. The van der Waals surface area contributed by atoms with Crippen molar-refractivity contribution >= 4 is 5.97 Å². The Morgan fingerprint density at radius 1 is 1.47 bits per heavy atom. The molecule has 1 aromatic carbocycles. The standard InChI is InChI=1S/C14H20FNO3/c1-4-12(14(17)18)19-13-6-5-11(15)7-10(13)8-16-9(2)3/h5-7,9,12,16H,4,8H2,1-3H3,(H,17,18). The van der Waals surface area contributed by atoms with Crippen molar-refractivity contribution in [2.24, 2.45) is 0 Å². The van der Waals surface area contributed by atoms with Crippen molar-refractivity contribution in [1.82, 2.24) is 5.32 Å². The van der Waals surface area contributed by atoms with E-state index < -0.39 is 12.1 Å². The minimum Gasteiger partial charge on any atom is -0.479 e. The number of halogens is 1. The van der Waals surface area contributed by atoms with Crippen LogP contribution in [0.3, 0.4) is 0 Å². The Morgan fingerprint density at radius 2 is 2.16 bits per heavy atom. The van der Waals surface area contributed by atoms with Gasteiger partial charge in [0.15, 0.2) is 6.10 Å². The van der Waals surface area contributed by atoms with Crippen molar-refractivity contribution in [3.05, 3.63) is 29.6 Å². The highest BCUT2D eigenvalue weighted by atomic mass is 19.1. The normalized spacial score (nSPS) is 12.5. The van der Waals surface area contributed by atoms with Crippen molar-refractivity contribution in [2.75, 3.05) is 0 Å². The molecule has 0 radical (unpaired) electrons. The molecule has 0 saturated heterocycles. The third-order valence-corrected chi connectivity index (χ3v) is 2.64. The first-order chi connectivity index (χ1) is 8.93. The SMILES string of the molecule is CCC(Oc1ccc(F)cc1CNC(C)C)C(=O)O. The Bertz CT molecular complexity index is 435. The monoisotopic (exact) mass is 269 g/mol. The number of hydrogen-bond donors (Lipinski definition) is 2. The van der Waals surface area contributed by atoms with Crippen LogP contribution in [-0.4, -0.2) is 23.2 Å². The predicted molar refractivity (Wildman–Crippen MR) is 70.7 cm³/mol. The number of rotatable bonds is 7. The molecule has 5 heteroatoms. The molecule has 1 atom stereocenters. The Balaban J connectivity index is 2.89. The van der Waals surface area contributed by atoms with E-state index in [4.69, 9.17) is 9.84 Å². The summed E-state index contributed by atoms with van der Waals surface area (Å²) in [5.74, 6) is -0.977. The molecule has 0 spiro atoms. The highest BCUT2D eigenvalue weighted by Crippen LogP contribution is 2.22. The molecule has 1 aromatic rings. The number of ether oxygens (including phenoxy) is 1. The van der Waals surface area contributed by atoms with E-state index in [1.165, 1.54) is 18.2 Å². The Kier molecular flexibility index (Phi) is 5.76. The molecule has 0 bridgehead atoms. The summed E-state index contributed by atoms with van der Waals surface area (Å²) in [4.78, 5) is 11.0. The maximum atomic E-state index is 13.2. The highest BCUT2D eigenvalue weighted by Gasteiger charge is 2.18. The van der Waals surface area contributed by atoms with Crippen LogP contribution in [0, 0.1) is 5.82 Å². The maximum Gasteiger partial charge on any atom is 0.344 e. The van der Waals surface area contributed by atoms with Crippen molar-refractivity contribution in [1.29, 1.82) is 0 Å². The van der Waals surface area contributed by atoms with Gasteiger partial charge >= 0.3 is 5.97 Å². The van der Waals surface area contributed by atoms with E-state index in [0.717, 1.165) is 0 Å². The summed E-state index contributed by atoms with van der Waals surface area (Å²) in [5, 5.41) is 12.1. The van der Waals surface area contributed by atoms with Crippen LogP contribution >= 0.6 is 0 Å². The lowest BCUT2D eigenvalue weighted by Crippen LogP contribution is -2.27. The van der Waals surface area contributed by atoms with Crippen LogP contribution in [0.4, 0.5) is 4.39 Å². The van der Waals surface area contributed by atoms with Crippen molar-refractivity contribution in [3.63, 3.8) is 0 Å². The summed E-state index contributed by atoms with van der Waals surface area (Å²) in [7, 11) is 0. The van der Waals surface area contributed by atoms with Crippen molar-refractivity contribution in [2.45, 2.75) is 45.9 Å². The number of nitrogens with one attached hydrogen (secondary N) is 1. The van der Waals surface area contributed by atoms with Gasteiger partial charge in [-0.1, -0.05) is 20.8 Å². The fourth-order valence-corrected chi connectivity index (χ4v) is 1.58. The summed E-state index contributed by atoms with van der Waals surface area (Å²) >= 11 is 0. The molecule has 19 heavy (non-hydrogen) atoms. The molecule has 106 valence electrons. The van der Waals surface area contributed by atoms with E-state index >= 15 is 0 Å². The number of carbonyl (C=O) groups is 1. The summed E-state index contributed by atoms with van der Waals surface area (Å²) in [6.07, 6.45) is -0.563. The molecule has 0 aliphatic carbocycles. The molecule has 1 rings (SSSR count). The maximum absolute atomic E-state index is 13.2. The minimum absolute atomic E-state index is 0.248. The summed E-state index contributed by atoms with van der Waals surface area (Å²) in [6.45, 7) is 6.12. The van der Waals surface area contributed by atoms with Gasteiger partial charge in [-0.15, -0.1) is 0 Å². The lowest BCUT2D eigenvalue weighted by atomic mass is 10.1. The molecule has 0 amide bonds. The third-order valence-electron chi connectivity index (χ3n) is 2.64. The third kappa shape index (κ3) is 4.87. The van der Waals surface area contributed by atoms with Crippen LogP contribution in [0.1, 0.15) is 32.8 Å². The lowest BCUT2D eigenvalue weighted by Gasteiger charge is -2.17. The summed E-state index contributed by atoms with van der Waals surface area (Å²) in [6, 6.07) is 4.35. The average Bonchev–Trinajstić information content (AvgIpc) is 2.34. The first kappa shape index (κ1) is 15.4. The van der Waals surface area contributed by atoms with Crippen molar-refractivity contribution in [3.8, 4) is 5.75 Å². The molecule has 0 fully saturated rings. The molecule has 4 nitrogen and oxygen atoms in total. The zero-order chi connectivity index (χ0) is 14.4. The van der Waals surface area contributed by atoms with Gasteiger partial charge < -0.3 is 15.2 Å². The number of carboxylic acids is 1. The number of benzene rings is 1. The quantitative estimate of drug-likeness (QED) is 0.798. The fraction of sp³-hybridized carbons (Fsp3) is 0.500. The second kappa shape index (κ2) is 7.09. The van der Waals surface area contributed by atoms with Gasteiger partial charge in [-0.2, -0.15) is 0 Å². The topological polar surface area (TPSA) is 58.6 Å². The van der Waals surface area contributed by atoms with Gasteiger partial charge in [-0.3, -0.25) is 0 Å². The van der Waals surface area contributed by atoms with E-state index in [9.17, 15) is 9.18 Å². The minimum atomic E-state index is -1.02. The second-order valence-electron chi connectivity index (χ2n) is 4.64. The van der Waals surface area contributed by atoms with Gasteiger partial charge in [0.2, 0.25) is 0 Å². The van der Waals surface area contributed by atoms with Crippen LogP contribution < -0.4 is 10.1 Å². The molecule has 0 aliphatic heterocycles. The summed E-state index contributed by atoms with van der Waals surface area (Å²) in [5.41, 5.74) is 0.619. The molecule has 0 heterocycles. The molecule has 1 unspecified atom stereocenters. The smallest absolute Gasteiger partial charge is 0.344 e. The Labute approximate surface area is 112 Å². The predicted octanol–water partition coefficient (Wildman–Crippen LogP) is 2.57. The van der Waals surface area contributed by atoms with E-state index in [1.807, 2.05) is 13.8 Å². The first-order valence-electron chi connectivity index (χ1n) is 6.35. The van der Waals surface area contributed by atoms with Crippen LogP contribution in [0.15, 0.2) is 18.2 Å². The highest BCUT2D eigenvalue weighted by molar-refractivity contribution is 5.72. The lowest BCUT2D eigenvalue weighted by molar-refractivity contribution is -0.145. The number of carboxylic acid groups (broad SMARTS) is 1. The molecule has 0 aliphatic rings. The van der Waals surface area contributed by atoms with Gasteiger partial charge in [0.05, 0.1) is 0 Å². The Morgan fingerprint density at radius 3 is 2.68 bits per heavy atom. The Hall–Kier alpha value is -1.62. The van der Waals surface area contributed by atoms with Gasteiger partial charge in [0.1, 0.15) is 11.6 Å². The molecule has 2 N–H and O–H groups in total. The zero-order valence-electron chi connectivity index (χ0n) is 11.4. The average molecular weight is 269 g/mol. The van der Waals surface area contributed by atoms with E-state index in [1.54, 1.807) is 6.92 Å². The van der Waals surface area contributed by atoms with Crippen LogP contribution in [0.5, 0.6) is 5.75 Å². The number of hydrogen-bond acceptors (Lipinski definition) is 3. The van der Waals surface area contributed by atoms with E-state index in [2.05, 4.69) is 5.32 Å². The van der Waals surface area contributed by atoms with Crippen LogP contribution in [0.2, 0.25) is 0 Å². The van der Waals surface area contributed by atoms with Gasteiger partial charge in [-0.25, -0.2) is 9.18 Å². The molecule has 0 aromatic heterocycles. The number of aliphatic carboxylic acids is 1. The van der Waals surface area contributed by atoms with E-state index in [-0.39, 0.29) is 11.9 Å². The van der Waals surface area contributed by atoms with E-state index in [0.29, 0.717) is 24.3 Å². The van der Waals surface area contributed by atoms with Gasteiger partial charge in [-0.05, 0) is 24.6 Å².